The van der Waals surface area contributed by atoms with Gasteiger partial charge in [-0.3, -0.25) is 4.79 Å². The van der Waals surface area contributed by atoms with Crippen LogP contribution in [-0.2, 0) is 4.79 Å². The third-order valence-corrected chi connectivity index (χ3v) is 3.70. The van der Waals surface area contributed by atoms with E-state index in [2.05, 4.69) is 42.0 Å². The third kappa shape index (κ3) is 4.63. The molecule has 0 radical (unpaired) electrons. The van der Waals surface area contributed by atoms with Crippen LogP contribution in [0.15, 0.2) is 58.4 Å². The summed E-state index contributed by atoms with van der Waals surface area (Å²) in [5.74, 6) is 0.149. The fourth-order valence-electron chi connectivity index (χ4n) is 1.96. The van der Waals surface area contributed by atoms with Crippen LogP contribution in [-0.4, -0.2) is 44.0 Å². The van der Waals surface area contributed by atoms with Gasteiger partial charge in [0.2, 0.25) is 0 Å². The van der Waals surface area contributed by atoms with Crippen LogP contribution in [0.5, 0.6) is 11.5 Å². The number of rotatable bonds is 6. The summed E-state index contributed by atoms with van der Waals surface area (Å²) in [5, 5.41) is 24.4. The first-order valence-corrected chi connectivity index (χ1v) is 8.18. The Balaban J connectivity index is 1.49. The number of ether oxygens (including phenoxy) is 1. The van der Waals surface area contributed by atoms with Gasteiger partial charge < -0.3 is 9.84 Å². The van der Waals surface area contributed by atoms with Gasteiger partial charge in [0.05, 0.1) is 11.9 Å². The van der Waals surface area contributed by atoms with Crippen LogP contribution < -0.4 is 10.2 Å². The summed E-state index contributed by atoms with van der Waals surface area (Å²) in [5.41, 5.74) is 3.57. The number of tetrazole rings is 1. The minimum Gasteiger partial charge on any atom is -0.507 e. The number of halogens is 1. The summed E-state index contributed by atoms with van der Waals surface area (Å²) in [7, 11) is 0. The van der Waals surface area contributed by atoms with E-state index in [1.807, 2.05) is 0 Å². The molecule has 26 heavy (non-hydrogen) atoms. The lowest BCUT2D eigenvalue weighted by Gasteiger charge is -2.06. The monoisotopic (exact) mass is 416 g/mol. The fraction of sp³-hybridized carbons (Fsp3) is 0.0625. The Kier molecular flexibility index (Phi) is 5.54. The minimum atomic E-state index is -0.430. The number of carbonyl (C=O) groups is 1. The quantitative estimate of drug-likeness (QED) is 0.466. The molecule has 0 aliphatic carbocycles. The fourth-order valence-corrected chi connectivity index (χ4v) is 2.34. The number of aromatic hydroxyl groups is 1. The zero-order chi connectivity index (χ0) is 18.4. The van der Waals surface area contributed by atoms with Crippen molar-refractivity contribution in [1.29, 1.82) is 0 Å². The Morgan fingerprint density at radius 3 is 2.85 bits per heavy atom. The molecule has 1 amide bonds. The van der Waals surface area contributed by atoms with E-state index in [4.69, 9.17) is 4.74 Å². The van der Waals surface area contributed by atoms with Crippen molar-refractivity contribution in [1.82, 2.24) is 25.6 Å². The molecule has 0 saturated heterocycles. The van der Waals surface area contributed by atoms with E-state index in [-0.39, 0.29) is 12.4 Å². The van der Waals surface area contributed by atoms with Gasteiger partial charge in [0.15, 0.2) is 6.61 Å². The number of phenols is 1. The average molecular weight is 417 g/mol. The third-order valence-electron chi connectivity index (χ3n) is 3.20. The summed E-state index contributed by atoms with van der Waals surface area (Å²) in [6, 6.07) is 11.8. The number of hydrogen-bond donors (Lipinski definition) is 2. The minimum absolute atomic E-state index is 0.0603. The van der Waals surface area contributed by atoms with Crippen molar-refractivity contribution in [3.63, 3.8) is 0 Å². The van der Waals surface area contributed by atoms with Gasteiger partial charge in [0.25, 0.3) is 5.91 Å². The van der Waals surface area contributed by atoms with E-state index >= 15 is 0 Å². The Morgan fingerprint density at radius 1 is 1.31 bits per heavy atom. The topological polar surface area (TPSA) is 115 Å². The van der Waals surface area contributed by atoms with Gasteiger partial charge in [-0.2, -0.15) is 5.10 Å². The Bertz CT molecular complexity index is 912. The lowest BCUT2D eigenvalue weighted by molar-refractivity contribution is -0.123. The second kappa shape index (κ2) is 8.21. The van der Waals surface area contributed by atoms with Gasteiger partial charge in [-0.15, -0.1) is 5.10 Å². The molecule has 0 fully saturated rings. The van der Waals surface area contributed by atoms with Crippen LogP contribution in [0.4, 0.5) is 0 Å². The van der Waals surface area contributed by atoms with Gasteiger partial charge in [0.1, 0.15) is 17.8 Å². The second-order valence-corrected chi connectivity index (χ2v) is 5.95. The number of aromatic nitrogens is 4. The average Bonchev–Trinajstić information content (AvgIpc) is 3.18. The zero-order valence-electron chi connectivity index (χ0n) is 13.3. The second-order valence-electron chi connectivity index (χ2n) is 5.03. The summed E-state index contributed by atoms with van der Waals surface area (Å²) in [6.07, 6.45) is 2.82. The van der Waals surface area contributed by atoms with Gasteiger partial charge >= 0.3 is 0 Å². The highest BCUT2D eigenvalue weighted by Gasteiger charge is 2.04. The standard InChI is InChI=1S/C16H13BrN6O3/c17-12-1-6-15(24)11(7-12)8-18-20-16(25)9-26-14-4-2-13(3-5-14)23-10-19-21-22-23/h1-8,10,24H,9H2,(H,20,25). The summed E-state index contributed by atoms with van der Waals surface area (Å²) < 4.78 is 7.67. The SMILES string of the molecule is O=C(COc1ccc(-n2cnnn2)cc1)NN=Cc1cc(Br)ccc1O. The molecule has 0 aliphatic rings. The van der Waals surface area contributed by atoms with Crippen molar-refractivity contribution in [3.8, 4) is 17.2 Å². The van der Waals surface area contributed by atoms with Gasteiger partial charge in [-0.1, -0.05) is 15.9 Å². The maximum atomic E-state index is 11.8. The van der Waals surface area contributed by atoms with E-state index in [1.54, 1.807) is 36.4 Å². The molecular formula is C16H13BrN6O3. The molecule has 2 N–H and O–H groups in total. The molecular weight excluding hydrogens is 404 g/mol. The number of hydrogen-bond acceptors (Lipinski definition) is 7. The maximum absolute atomic E-state index is 11.8. The van der Waals surface area contributed by atoms with E-state index < -0.39 is 5.91 Å². The van der Waals surface area contributed by atoms with E-state index in [1.165, 1.54) is 23.3 Å². The van der Waals surface area contributed by atoms with Crippen LogP contribution in [0.2, 0.25) is 0 Å². The predicted molar refractivity (Wildman–Crippen MR) is 96.2 cm³/mol. The smallest absolute Gasteiger partial charge is 0.277 e. The number of nitrogens with one attached hydrogen (secondary N) is 1. The summed E-state index contributed by atoms with van der Waals surface area (Å²) in [4.78, 5) is 11.8. The molecule has 1 aromatic heterocycles. The molecule has 0 bridgehead atoms. The van der Waals surface area contributed by atoms with Crippen LogP contribution in [0.3, 0.4) is 0 Å². The highest BCUT2D eigenvalue weighted by atomic mass is 79.9. The molecule has 3 rings (SSSR count). The zero-order valence-corrected chi connectivity index (χ0v) is 14.9. The molecule has 0 unspecified atom stereocenters. The number of hydrazone groups is 1. The van der Waals surface area contributed by atoms with E-state index in [0.29, 0.717) is 11.3 Å². The first-order chi connectivity index (χ1) is 12.6. The van der Waals surface area contributed by atoms with Crippen molar-refractivity contribution < 1.29 is 14.6 Å². The maximum Gasteiger partial charge on any atom is 0.277 e. The molecule has 0 saturated carbocycles. The number of amides is 1. The predicted octanol–water partition coefficient (Wildman–Crippen LogP) is 1.66. The van der Waals surface area contributed by atoms with Gasteiger partial charge in [0, 0.05) is 10.0 Å². The molecule has 2 aromatic carbocycles. The molecule has 9 nitrogen and oxygen atoms in total. The lowest BCUT2D eigenvalue weighted by Crippen LogP contribution is -2.24. The van der Waals surface area contributed by atoms with Gasteiger partial charge in [-0.25, -0.2) is 10.1 Å². The molecule has 132 valence electrons. The van der Waals surface area contributed by atoms with Crippen molar-refractivity contribution in [2.75, 3.05) is 6.61 Å². The normalized spacial score (nSPS) is 10.8. The van der Waals surface area contributed by atoms with Crippen LogP contribution in [0.25, 0.3) is 5.69 Å². The van der Waals surface area contributed by atoms with Crippen molar-refractivity contribution in [3.05, 3.63) is 58.8 Å². The number of carbonyl (C=O) groups excluding carboxylic acids is 1. The lowest BCUT2D eigenvalue weighted by atomic mass is 10.2. The number of nitrogens with zero attached hydrogens (tertiary/aromatic N) is 5. The van der Waals surface area contributed by atoms with Crippen LogP contribution >= 0.6 is 15.9 Å². The first-order valence-electron chi connectivity index (χ1n) is 7.38. The largest absolute Gasteiger partial charge is 0.507 e. The molecule has 3 aromatic rings. The summed E-state index contributed by atoms with van der Waals surface area (Å²) in [6.45, 7) is -0.202. The first kappa shape index (κ1) is 17.5. The van der Waals surface area contributed by atoms with Crippen molar-refractivity contribution >= 4 is 28.1 Å². The highest BCUT2D eigenvalue weighted by molar-refractivity contribution is 9.10. The Hall–Kier alpha value is -3.27. The number of benzene rings is 2. The Labute approximate surface area is 156 Å². The Morgan fingerprint density at radius 2 is 2.12 bits per heavy atom. The highest BCUT2D eigenvalue weighted by Crippen LogP contribution is 2.20. The summed E-state index contributed by atoms with van der Waals surface area (Å²) >= 11 is 3.29. The molecule has 0 aliphatic heterocycles. The molecule has 10 heteroatoms. The van der Waals surface area contributed by atoms with Gasteiger partial charge in [-0.05, 0) is 52.9 Å². The number of phenolic OH excluding ortho intramolecular Hbond substituents is 1. The van der Waals surface area contributed by atoms with E-state index in [9.17, 15) is 9.90 Å². The van der Waals surface area contributed by atoms with E-state index in [0.717, 1.165) is 10.2 Å². The van der Waals surface area contributed by atoms with Crippen LogP contribution in [0, 0.1) is 0 Å². The molecule has 1 heterocycles. The molecule has 0 spiro atoms. The van der Waals surface area contributed by atoms with Crippen LogP contribution in [0.1, 0.15) is 5.56 Å². The van der Waals surface area contributed by atoms with Crippen molar-refractivity contribution in [2.24, 2.45) is 5.10 Å². The van der Waals surface area contributed by atoms with Crippen molar-refractivity contribution in [2.45, 2.75) is 0 Å². The molecule has 0 atom stereocenters.